The maximum absolute atomic E-state index is 12.3. The Morgan fingerprint density at radius 1 is 1.24 bits per heavy atom. The Kier molecular flexibility index (Phi) is 3.89. The number of carbonyl (C=O) groups excluding carboxylic acids is 1. The second-order valence-electron chi connectivity index (χ2n) is 5.39. The van der Waals surface area contributed by atoms with Gasteiger partial charge in [-0.25, -0.2) is 4.79 Å². The average molecular weight is 240 g/mol. The van der Waals surface area contributed by atoms with Crippen molar-refractivity contribution in [2.45, 2.75) is 24.9 Å². The highest BCUT2D eigenvalue weighted by molar-refractivity contribution is 5.75. The third-order valence-corrected chi connectivity index (χ3v) is 4.05. The van der Waals surface area contributed by atoms with E-state index in [-0.39, 0.29) is 6.03 Å². The Morgan fingerprint density at radius 2 is 2.00 bits per heavy atom. The lowest BCUT2D eigenvalue weighted by atomic mass is 10.2. The molecule has 0 radical (unpaired) electrons. The van der Waals surface area contributed by atoms with E-state index in [1.165, 1.54) is 0 Å². The molecule has 5 heteroatoms. The highest BCUT2D eigenvalue weighted by atomic mass is 16.2. The molecule has 2 fully saturated rings. The van der Waals surface area contributed by atoms with Gasteiger partial charge >= 0.3 is 6.03 Å². The number of nitrogens with zero attached hydrogens (tertiary/aromatic N) is 3. The van der Waals surface area contributed by atoms with Gasteiger partial charge in [-0.3, -0.25) is 0 Å². The van der Waals surface area contributed by atoms with Crippen molar-refractivity contribution in [2.24, 2.45) is 0 Å². The van der Waals surface area contributed by atoms with E-state index >= 15 is 0 Å². The monoisotopic (exact) mass is 240 g/mol. The molecule has 0 saturated carbocycles. The molecule has 2 aliphatic heterocycles. The van der Waals surface area contributed by atoms with E-state index in [4.69, 9.17) is 0 Å². The van der Waals surface area contributed by atoms with Crippen LogP contribution in [0.5, 0.6) is 0 Å². The van der Waals surface area contributed by atoms with Crippen LogP contribution in [0.3, 0.4) is 0 Å². The maximum atomic E-state index is 12.3. The lowest BCUT2D eigenvalue weighted by molar-refractivity contribution is 0.155. The second kappa shape index (κ2) is 5.23. The Hall–Kier alpha value is -0.810. The highest BCUT2D eigenvalue weighted by Crippen LogP contribution is 2.17. The molecular formula is C12H24N4O. The van der Waals surface area contributed by atoms with Gasteiger partial charge in [0.25, 0.3) is 0 Å². The van der Waals surface area contributed by atoms with Crippen molar-refractivity contribution in [3.63, 3.8) is 0 Å². The summed E-state index contributed by atoms with van der Waals surface area (Å²) in [5.41, 5.74) is 0. The summed E-state index contributed by atoms with van der Waals surface area (Å²) >= 11 is 0. The Labute approximate surface area is 104 Å². The van der Waals surface area contributed by atoms with Gasteiger partial charge in [0, 0.05) is 38.8 Å². The van der Waals surface area contributed by atoms with E-state index < -0.39 is 0 Å². The molecule has 5 nitrogen and oxygen atoms in total. The zero-order valence-electron chi connectivity index (χ0n) is 11.1. The van der Waals surface area contributed by atoms with Crippen LogP contribution in [-0.4, -0.2) is 80.1 Å². The number of likely N-dealkylation sites (tertiary alicyclic amines) is 1. The molecule has 98 valence electrons. The van der Waals surface area contributed by atoms with Crippen LogP contribution < -0.4 is 5.32 Å². The van der Waals surface area contributed by atoms with Crippen molar-refractivity contribution in [3.05, 3.63) is 0 Å². The van der Waals surface area contributed by atoms with Gasteiger partial charge < -0.3 is 20.0 Å². The van der Waals surface area contributed by atoms with Crippen LogP contribution in [0, 0.1) is 0 Å². The van der Waals surface area contributed by atoms with Crippen molar-refractivity contribution in [2.75, 3.05) is 47.3 Å². The van der Waals surface area contributed by atoms with E-state index in [2.05, 4.69) is 24.3 Å². The van der Waals surface area contributed by atoms with Gasteiger partial charge in [0.05, 0.1) is 0 Å². The molecule has 2 saturated heterocycles. The fourth-order valence-corrected chi connectivity index (χ4v) is 2.69. The summed E-state index contributed by atoms with van der Waals surface area (Å²) in [4.78, 5) is 18.4. The number of hydrogen-bond donors (Lipinski definition) is 1. The lowest BCUT2D eigenvalue weighted by Crippen LogP contribution is -2.46. The molecular weight excluding hydrogens is 216 g/mol. The van der Waals surface area contributed by atoms with Crippen LogP contribution in [0.25, 0.3) is 0 Å². The summed E-state index contributed by atoms with van der Waals surface area (Å²) in [5, 5.41) is 3.31. The van der Waals surface area contributed by atoms with Gasteiger partial charge in [0.2, 0.25) is 0 Å². The van der Waals surface area contributed by atoms with Crippen molar-refractivity contribution >= 4 is 6.03 Å². The summed E-state index contributed by atoms with van der Waals surface area (Å²) in [6.07, 6.45) is 2.17. The van der Waals surface area contributed by atoms with Crippen molar-refractivity contribution < 1.29 is 4.79 Å². The molecule has 0 spiro atoms. The van der Waals surface area contributed by atoms with Gasteiger partial charge in [-0.05, 0) is 33.5 Å². The number of carbonyl (C=O) groups is 1. The SMILES string of the molecule is CN(C)C1CCN(C(=O)N(C)C2CCNC2)C1. The lowest BCUT2D eigenvalue weighted by Gasteiger charge is -2.29. The molecule has 2 unspecified atom stereocenters. The first kappa shape index (κ1) is 12.6. The summed E-state index contributed by atoms with van der Waals surface area (Å²) in [6, 6.07) is 1.10. The highest BCUT2D eigenvalue weighted by Gasteiger charge is 2.32. The molecule has 0 aliphatic carbocycles. The Balaban J connectivity index is 1.87. The number of nitrogens with one attached hydrogen (secondary N) is 1. The maximum Gasteiger partial charge on any atom is 0.320 e. The molecule has 2 heterocycles. The zero-order chi connectivity index (χ0) is 12.4. The molecule has 17 heavy (non-hydrogen) atoms. The fraction of sp³-hybridized carbons (Fsp3) is 0.917. The van der Waals surface area contributed by atoms with E-state index in [0.717, 1.165) is 39.0 Å². The first-order valence-corrected chi connectivity index (χ1v) is 6.48. The fourth-order valence-electron chi connectivity index (χ4n) is 2.69. The standard InChI is InChI=1S/C12H24N4O/c1-14(2)11-5-7-16(9-11)12(17)15(3)10-4-6-13-8-10/h10-11,13H,4-9H2,1-3H3. The zero-order valence-corrected chi connectivity index (χ0v) is 11.1. The van der Waals surface area contributed by atoms with Crippen molar-refractivity contribution in [3.8, 4) is 0 Å². The summed E-state index contributed by atoms with van der Waals surface area (Å²) in [7, 11) is 6.11. The smallest absolute Gasteiger partial charge is 0.320 e. The number of hydrogen-bond acceptors (Lipinski definition) is 3. The van der Waals surface area contributed by atoms with Gasteiger partial charge in [0.15, 0.2) is 0 Å². The van der Waals surface area contributed by atoms with Crippen LogP contribution >= 0.6 is 0 Å². The van der Waals surface area contributed by atoms with Crippen LogP contribution in [0.1, 0.15) is 12.8 Å². The minimum Gasteiger partial charge on any atom is -0.323 e. The number of urea groups is 1. The third-order valence-electron chi connectivity index (χ3n) is 4.05. The van der Waals surface area contributed by atoms with Crippen LogP contribution in [0.15, 0.2) is 0 Å². The van der Waals surface area contributed by atoms with Crippen molar-refractivity contribution in [1.29, 1.82) is 0 Å². The molecule has 0 bridgehead atoms. The predicted octanol–water partition coefficient (Wildman–Crippen LogP) is 0.0360. The normalized spacial score (nSPS) is 29.1. The van der Waals surface area contributed by atoms with E-state index in [1.54, 1.807) is 0 Å². The van der Waals surface area contributed by atoms with Crippen LogP contribution in [0.2, 0.25) is 0 Å². The molecule has 2 aliphatic rings. The first-order valence-electron chi connectivity index (χ1n) is 6.48. The molecule has 2 rings (SSSR count). The number of amides is 2. The minimum atomic E-state index is 0.197. The van der Waals surface area contributed by atoms with Gasteiger partial charge in [-0.1, -0.05) is 0 Å². The van der Waals surface area contributed by atoms with Crippen LogP contribution in [0.4, 0.5) is 4.79 Å². The van der Waals surface area contributed by atoms with Crippen molar-refractivity contribution in [1.82, 2.24) is 20.0 Å². The average Bonchev–Trinajstić information content (AvgIpc) is 2.97. The predicted molar refractivity (Wildman–Crippen MR) is 68.1 cm³/mol. The molecule has 0 aromatic rings. The third kappa shape index (κ3) is 2.72. The molecule has 2 atom stereocenters. The van der Waals surface area contributed by atoms with Gasteiger partial charge in [-0.15, -0.1) is 0 Å². The topological polar surface area (TPSA) is 38.8 Å². The molecule has 1 N–H and O–H groups in total. The summed E-state index contributed by atoms with van der Waals surface area (Å²) in [6.45, 7) is 3.73. The Bertz CT molecular complexity index is 276. The largest absolute Gasteiger partial charge is 0.323 e. The van der Waals surface area contributed by atoms with E-state index in [0.29, 0.717) is 12.1 Å². The van der Waals surface area contributed by atoms with E-state index in [1.807, 2.05) is 16.8 Å². The minimum absolute atomic E-state index is 0.197. The van der Waals surface area contributed by atoms with Gasteiger partial charge in [0.1, 0.15) is 0 Å². The molecule has 0 aromatic heterocycles. The number of likely N-dealkylation sites (N-methyl/N-ethyl adjacent to an activating group) is 2. The van der Waals surface area contributed by atoms with E-state index in [9.17, 15) is 4.79 Å². The summed E-state index contributed by atoms with van der Waals surface area (Å²) in [5.74, 6) is 0. The number of rotatable bonds is 2. The first-order chi connectivity index (χ1) is 8.09. The van der Waals surface area contributed by atoms with Crippen LogP contribution in [-0.2, 0) is 0 Å². The second-order valence-corrected chi connectivity index (χ2v) is 5.39. The summed E-state index contributed by atoms with van der Waals surface area (Å²) < 4.78 is 0. The molecule has 2 amide bonds. The molecule has 0 aromatic carbocycles. The van der Waals surface area contributed by atoms with Gasteiger partial charge in [-0.2, -0.15) is 0 Å². The quantitative estimate of drug-likeness (QED) is 0.740. The Morgan fingerprint density at radius 3 is 2.53 bits per heavy atom.